The molecule has 1 amide bonds. The van der Waals surface area contributed by atoms with E-state index in [4.69, 9.17) is 9.47 Å². The van der Waals surface area contributed by atoms with Crippen molar-refractivity contribution in [3.05, 3.63) is 0 Å². The van der Waals surface area contributed by atoms with Crippen molar-refractivity contribution in [3.8, 4) is 6.07 Å². The van der Waals surface area contributed by atoms with Crippen LogP contribution in [0.4, 0.5) is 0 Å². The van der Waals surface area contributed by atoms with E-state index in [1.54, 1.807) is 0 Å². The molecule has 12 atom stereocenters. The molecule has 2 heterocycles. The molecule has 2 aliphatic heterocycles. The van der Waals surface area contributed by atoms with Gasteiger partial charge in [-0.05, 0) is 103 Å². The van der Waals surface area contributed by atoms with Crippen molar-refractivity contribution in [2.45, 2.75) is 121 Å². The minimum Gasteiger partial charge on any atom is -0.376 e. The van der Waals surface area contributed by atoms with E-state index < -0.39 is 0 Å². The Morgan fingerprint density at radius 3 is 2.55 bits per heavy atom. The maximum Gasteiger partial charge on any atom is 0.220 e. The monoisotopic (exact) mass is 588 g/mol. The summed E-state index contributed by atoms with van der Waals surface area (Å²) in [4.78, 5) is 15.0. The molecule has 12 unspecified atom stereocenters. The normalized spacial score (nSPS) is 40.7. The molecule has 0 spiro atoms. The fourth-order valence-electron chi connectivity index (χ4n) is 8.14. The van der Waals surface area contributed by atoms with Crippen LogP contribution in [0.15, 0.2) is 0 Å². The van der Waals surface area contributed by atoms with Gasteiger partial charge in [-0.2, -0.15) is 5.26 Å². The third kappa shape index (κ3) is 8.67. The van der Waals surface area contributed by atoms with Crippen LogP contribution in [0, 0.1) is 40.9 Å². The molecule has 42 heavy (non-hydrogen) atoms. The zero-order valence-corrected chi connectivity index (χ0v) is 27.2. The number of fused-ring (bicyclic) bond motifs is 1. The molecule has 2 saturated carbocycles. The highest BCUT2D eigenvalue weighted by Gasteiger charge is 2.48. The molecule has 0 bridgehead atoms. The Morgan fingerprint density at radius 1 is 1.02 bits per heavy atom. The lowest BCUT2D eigenvalue weighted by Gasteiger charge is -2.51. The average molecular weight is 589 g/mol. The molecule has 0 aromatic carbocycles. The van der Waals surface area contributed by atoms with Crippen LogP contribution in [0.25, 0.3) is 0 Å². The third-order valence-corrected chi connectivity index (χ3v) is 11.0. The van der Waals surface area contributed by atoms with E-state index in [2.05, 4.69) is 53.0 Å². The van der Waals surface area contributed by atoms with Crippen LogP contribution in [0.2, 0.25) is 0 Å². The molecule has 0 aromatic rings. The standard InChI is InChI=1S/C33H60N6O3/c1-7-41-31-17-27-25(16-28(31)37-32(40)11-9-15-39(5)6)33(24(18-34)19-36-27)38-26-12-13-30(23(4)22(26)3)42-20-29-21(2)10-8-14-35-29/h21-31,33,35-36,38H,7-17,19-20H2,1-6H3,(H,37,40). The van der Waals surface area contributed by atoms with E-state index >= 15 is 0 Å². The molecule has 9 heteroatoms. The number of amides is 1. The summed E-state index contributed by atoms with van der Waals surface area (Å²) in [6.45, 7) is 13.2. The van der Waals surface area contributed by atoms with E-state index in [1.807, 2.05) is 21.0 Å². The maximum absolute atomic E-state index is 12.9. The van der Waals surface area contributed by atoms with Crippen LogP contribution in [-0.4, -0.2) is 100 Å². The number of carbonyl (C=O) groups excluding carboxylic acids is 1. The summed E-state index contributed by atoms with van der Waals surface area (Å²) < 4.78 is 12.7. The molecule has 240 valence electrons. The topological polar surface area (TPSA) is 111 Å². The van der Waals surface area contributed by atoms with Crippen LogP contribution in [0.1, 0.15) is 79.1 Å². The van der Waals surface area contributed by atoms with Gasteiger partial charge in [-0.3, -0.25) is 4.79 Å². The van der Waals surface area contributed by atoms with Crippen LogP contribution in [0.5, 0.6) is 0 Å². The van der Waals surface area contributed by atoms with Gasteiger partial charge in [0.25, 0.3) is 0 Å². The summed E-state index contributed by atoms with van der Waals surface area (Å²) in [5.74, 6) is 1.86. The lowest BCUT2D eigenvalue weighted by molar-refractivity contribution is -0.124. The minimum absolute atomic E-state index is 0.00580. The van der Waals surface area contributed by atoms with Crippen LogP contribution in [-0.2, 0) is 14.3 Å². The highest BCUT2D eigenvalue weighted by Crippen LogP contribution is 2.38. The first-order valence-electron chi connectivity index (χ1n) is 17.0. The van der Waals surface area contributed by atoms with Gasteiger partial charge in [0.1, 0.15) is 0 Å². The Morgan fingerprint density at radius 2 is 1.83 bits per heavy atom. The first-order valence-corrected chi connectivity index (χ1v) is 17.0. The lowest BCUT2D eigenvalue weighted by Crippen LogP contribution is -2.66. The Kier molecular flexibility index (Phi) is 12.9. The first kappa shape index (κ1) is 33.6. The van der Waals surface area contributed by atoms with Crippen LogP contribution >= 0.6 is 0 Å². The molecule has 0 radical (unpaired) electrons. The van der Waals surface area contributed by atoms with E-state index in [1.165, 1.54) is 12.8 Å². The number of ether oxygens (including phenoxy) is 2. The predicted molar refractivity (Wildman–Crippen MR) is 167 cm³/mol. The molecular formula is C33H60N6O3. The summed E-state index contributed by atoms with van der Waals surface area (Å²) in [5.41, 5.74) is 0. The predicted octanol–water partition coefficient (Wildman–Crippen LogP) is 2.91. The number of nitrogens with zero attached hydrogens (tertiary/aromatic N) is 2. The molecule has 4 rings (SSSR count). The summed E-state index contributed by atoms with van der Waals surface area (Å²) in [7, 11) is 4.07. The number of nitriles is 1. The van der Waals surface area contributed by atoms with E-state index in [-0.39, 0.29) is 48.1 Å². The quantitative estimate of drug-likeness (QED) is 0.276. The first-order chi connectivity index (χ1) is 20.2. The summed E-state index contributed by atoms with van der Waals surface area (Å²) in [5, 5.41) is 24.9. The molecule has 2 saturated heterocycles. The van der Waals surface area contributed by atoms with Crippen molar-refractivity contribution in [3.63, 3.8) is 0 Å². The van der Waals surface area contributed by atoms with Crippen molar-refractivity contribution in [2.75, 3.05) is 46.9 Å². The van der Waals surface area contributed by atoms with Crippen molar-refractivity contribution < 1.29 is 14.3 Å². The Bertz CT molecular complexity index is 882. The molecule has 9 nitrogen and oxygen atoms in total. The van der Waals surface area contributed by atoms with Crippen molar-refractivity contribution in [2.24, 2.45) is 29.6 Å². The van der Waals surface area contributed by atoms with Crippen molar-refractivity contribution in [1.82, 2.24) is 26.2 Å². The molecule has 4 fully saturated rings. The summed E-state index contributed by atoms with van der Waals surface area (Å²) >= 11 is 0. The lowest BCUT2D eigenvalue weighted by atomic mass is 9.68. The molecule has 4 N–H and O–H groups in total. The minimum atomic E-state index is -0.0957. The summed E-state index contributed by atoms with van der Waals surface area (Å²) in [6, 6.07) is 3.79. The van der Waals surface area contributed by atoms with Crippen molar-refractivity contribution >= 4 is 5.91 Å². The number of hydrogen-bond donors (Lipinski definition) is 4. The molecule has 4 aliphatic rings. The average Bonchev–Trinajstić information content (AvgIpc) is 2.96. The fraction of sp³-hybridized carbons (Fsp3) is 0.939. The zero-order chi connectivity index (χ0) is 30.2. The molecule has 0 aromatic heterocycles. The number of rotatable bonds is 12. The van der Waals surface area contributed by atoms with Gasteiger partial charge in [0.2, 0.25) is 5.91 Å². The molecule has 2 aliphatic carbocycles. The Labute approximate surface area is 255 Å². The summed E-state index contributed by atoms with van der Waals surface area (Å²) in [6.07, 6.45) is 8.01. The second-order valence-electron chi connectivity index (χ2n) is 14.1. The number of hydrogen-bond acceptors (Lipinski definition) is 8. The fourth-order valence-corrected chi connectivity index (χ4v) is 8.14. The number of piperidine rings is 2. The van der Waals surface area contributed by atoms with E-state index in [9.17, 15) is 10.1 Å². The SMILES string of the molecule is CCOC1CC2NCC(C#N)C(NC3CCC(OCC4NCCCC4C)C(C)C3C)C2CC1NC(=O)CCCN(C)C. The van der Waals surface area contributed by atoms with Crippen molar-refractivity contribution in [1.29, 1.82) is 5.26 Å². The van der Waals surface area contributed by atoms with Gasteiger partial charge in [0.05, 0.1) is 36.8 Å². The maximum atomic E-state index is 12.9. The Hall–Kier alpha value is -1.28. The second kappa shape index (κ2) is 16.2. The van der Waals surface area contributed by atoms with Crippen LogP contribution in [0.3, 0.4) is 0 Å². The van der Waals surface area contributed by atoms with Gasteiger partial charge >= 0.3 is 0 Å². The van der Waals surface area contributed by atoms with Gasteiger partial charge in [-0.25, -0.2) is 0 Å². The molecular weight excluding hydrogens is 528 g/mol. The van der Waals surface area contributed by atoms with Gasteiger partial charge in [0, 0.05) is 43.7 Å². The van der Waals surface area contributed by atoms with Gasteiger partial charge < -0.3 is 35.6 Å². The highest BCUT2D eigenvalue weighted by molar-refractivity contribution is 5.76. The largest absolute Gasteiger partial charge is 0.376 e. The third-order valence-electron chi connectivity index (χ3n) is 11.0. The second-order valence-corrected chi connectivity index (χ2v) is 14.1. The van der Waals surface area contributed by atoms with Gasteiger partial charge in [-0.15, -0.1) is 0 Å². The van der Waals surface area contributed by atoms with Gasteiger partial charge in [0.15, 0.2) is 0 Å². The highest BCUT2D eigenvalue weighted by atomic mass is 16.5. The smallest absolute Gasteiger partial charge is 0.220 e. The van der Waals surface area contributed by atoms with E-state index in [0.29, 0.717) is 49.4 Å². The van der Waals surface area contributed by atoms with Crippen LogP contribution < -0.4 is 21.3 Å². The number of carbonyl (C=O) groups is 1. The van der Waals surface area contributed by atoms with Gasteiger partial charge in [-0.1, -0.05) is 20.8 Å². The Balaban J connectivity index is 1.38. The number of nitrogens with one attached hydrogen (secondary N) is 4. The van der Waals surface area contributed by atoms with E-state index in [0.717, 1.165) is 51.8 Å². The zero-order valence-electron chi connectivity index (χ0n) is 27.2.